The van der Waals surface area contributed by atoms with Crippen LogP contribution in [0.3, 0.4) is 0 Å². The number of halogens is 2. The first-order valence-corrected chi connectivity index (χ1v) is 12.6. The van der Waals surface area contributed by atoms with Gasteiger partial charge in [0.15, 0.2) is 0 Å². The van der Waals surface area contributed by atoms with E-state index in [0.29, 0.717) is 27.8 Å². The van der Waals surface area contributed by atoms with E-state index in [1.165, 1.54) is 4.90 Å². The van der Waals surface area contributed by atoms with Gasteiger partial charge in [-0.25, -0.2) is 4.79 Å². The van der Waals surface area contributed by atoms with Gasteiger partial charge in [-0.15, -0.1) is 0 Å². The van der Waals surface area contributed by atoms with Gasteiger partial charge in [0.1, 0.15) is 6.10 Å². The number of rotatable bonds is 5. The van der Waals surface area contributed by atoms with Crippen LogP contribution in [0.5, 0.6) is 0 Å². The van der Waals surface area contributed by atoms with Crippen LogP contribution in [0.1, 0.15) is 38.0 Å². The third kappa shape index (κ3) is 6.47. The Balaban J connectivity index is 1.65. The summed E-state index contributed by atoms with van der Waals surface area (Å²) in [4.78, 5) is 26.3. The summed E-state index contributed by atoms with van der Waals surface area (Å²) in [6.07, 6.45) is -1.06. The molecular formula is C23H27Cl2N3O4S. The number of hydrogen-bond donors (Lipinski definition) is 3. The molecule has 1 saturated heterocycles. The summed E-state index contributed by atoms with van der Waals surface area (Å²) in [5.41, 5.74) is 1.46. The zero-order chi connectivity index (χ0) is 24.3. The van der Waals surface area contributed by atoms with Crippen molar-refractivity contribution in [2.24, 2.45) is 5.41 Å². The van der Waals surface area contributed by atoms with Gasteiger partial charge >= 0.3 is 6.03 Å². The summed E-state index contributed by atoms with van der Waals surface area (Å²) in [6.45, 7) is 5.92. The maximum absolute atomic E-state index is 12.9. The van der Waals surface area contributed by atoms with Crippen molar-refractivity contribution in [2.75, 3.05) is 16.9 Å². The Morgan fingerprint density at radius 2 is 1.82 bits per heavy atom. The Hall–Kier alpha value is -2.13. The normalized spacial score (nSPS) is 19.3. The van der Waals surface area contributed by atoms with E-state index in [2.05, 4.69) is 10.6 Å². The number of nitrogens with one attached hydrogen (secondary N) is 2. The lowest BCUT2D eigenvalue weighted by Crippen LogP contribution is -2.42. The van der Waals surface area contributed by atoms with Crippen LogP contribution >= 0.6 is 23.2 Å². The molecule has 178 valence electrons. The summed E-state index contributed by atoms with van der Waals surface area (Å²) in [6, 6.07) is 10.7. The topological polar surface area (TPSA) is 98.7 Å². The van der Waals surface area contributed by atoms with E-state index in [4.69, 9.17) is 23.2 Å². The van der Waals surface area contributed by atoms with Crippen molar-refractivity contribution in [1.82, 2.24) is 10.2 Å². The SMILES string of the molecule is CC(C)(C)C(=O)NCc1ccc(NC(=O)N2CS(=O)C[C@@H]2[C@@H](O)c2ccc(Cl)c(Cl)c2)cc1. The molecule has 33 heavy (non-hydrogen) atoms. The first-order valence-electron chi connectivity index (χ1n) is 10.4. The van der Waals surface area contributed by atoms with Gasteiger partial charge < -0.3 is 20.6 Å². The number of hydrogen-bond acceptors (Lipinski definition) is 4. The molecule has 1 unspecified atom stereocenters. The zero-order valence-electron chi connectivity index (χ0n) is 18.6. The average Bonchev–Trinajstić information content (AvgIpc) is 3.15. The summed E-state index contributed by atoms with van der Waals surface area (Å²) >= 11 is 12.0. The predicted octanol–water partition coefficient (Wildman–Crippen LogP) is 4.31. The highest BCUT2D eigenvalue weighted by atomic mass is 35.5. The van der Waals surface area contributed by atoms with E-state index in [0.717, 1.165) is 5.56 Å². The monoisotopic (exact) mass is 511 g/mol. The standard InChI is InChI=1S/C23H27Cl2N3O4S/c1-23(2,3)21(30)26-11-14-4-7-16(8-5-14)27-22(31)28-13-33(32)12-19(28)20(29)15-6-9-17(24)18(25)10-15/h4-10,19-20,29H,11-13H2,1-3H3,(H,26,30)(H,27,31)/t19-,20+,33?/m1/s1. The van der Waals surface area contributed by atoms with Gasteiger partial charge in [0.25, 0.3) is 0 Å². The minimum atomic E-state index is -1.28. The van der Waals surface area contributed by atoms with Gasteiger partial charge in [-0.05, 0) is 35.4 Å². The number of aliphatic hydroxyl groups is 1. The molecule has 3 atom stereocenters. The van der Waals surface area contributed by atoms with Gasteiger partial charge in [-0.2, -0.15) is 0 Å². The number of anilines is 1. The highest BCUT2D eigenvalue weighted by molar-refractivity contribution is 7.85. The average molecular weight is 512 g/mol. The van der Waals surface area contributed by atoms with E-state index in [9.17, 15) is 18.9 Å². The number of aliphatic hydroxyl groups excluding tert-OH is 1. The zero-order valence-corrected chi connectivity index (χ0v) is 20.9. The molecule has 0 radical (unpaired) electrons. The molecule has 3 N–H and O–H groups in total. The molecule has 1 fully saturated rings. The molecule has 0 saturated carbocycles. The van der Waals surface area contributed by atoms with Gasteiger partial charge in [-0.3, -0.25) is 9.00 Å². The Bertz CT molecular complexity index is 1060. The van der Waals surface area contributed by atoms with E-state index in [1.54, 1.807) is 30.3 Å². The minimum Gasteiger partial charge on any atom is -0.386 e. The quantitative estimate of drug-likeness (QED) is 0.556. The highest BCUT2D eigenvalue weighted by Crippen LogP contribution is 2.31. The third-order valence-electron chi connectivity index (χ3n) is 5.29. The lowest BCUT2D eigenvalue weighted by Gasteiger charge is -2.28. The first-order chi connectivity index (χ1) is 15.5. The molecule has 2 aromatic carbocycles. The molecule has 7 nitrogen and oxygen atoms in total. The second-order valence-electron chi connectivity index (χ2n) is 8.95. The first kappa shape index (κ1) is 25.5. The second-order valence-corrected chi connectivity index (χ2v) is 11.2. The fourth-order valence-corrected chi connectivity index (χ4v) is 5.10. The van der Waals surface area contributed by atoms with Crippen molar-refractivity contribution in [2.45, 2.75) is 39.5 Å². The Labute approximate surface area is 205 Å². The summed E-state index contributed by atoms with van der Waals surface area (Å²) in [5.74, 6) is 0.126. The number of amides is 3. The molecule has 0 spiro atoms. The van der Waals surface area contributed by atoms with E-state index >= 15 is 0 Å². The van der Waals surface area contributed by atoms with Crippen LogP contribution in [0, 0.1) is 5.41 Å². The summed E-state index contributed by atoms with van der Waals surface area (Å²) in [7, 11) is -1.28. The van der Waals surface area contributed by atoms with Gasteiger partial charge in [0.2, 0.25) is 5.91 Å². The molecule has 1 aliphatic rings. The maximum atomic E-state index is 12.9. The van der Waals surface area contributed by atoms with Crippen LogP contribution in [0.15, 0.2) is 42.5 Å². The third-order valence-corrected chi connectivity index (χ3v) is 7.31. The Kier molecular flexibility index (Phi) is 8.05. The molecule has 0 bridgehead atoms. The number of carbonyl (C=O) groups is 2. The van der Waals surface area contributed by atoms with Gasteiger partial charge in [0.05, 0.1) is 22.0 Å². The Morgan fingerprint density at radius 1 is 1.15 bits per heavy atom. The molecule has 1 aliphatic heterocycles. The van der Waals surface area contributed by atoms with Gasteiger partial charge in [-0.1, -0.05) is 62.2 Å². The Morgan fingerprint density at radius 3 is 2.42 bits per heavy atom. The van der Waals surface area contributed by atoms with Crippen molar-refractivity contribution < 1.29 is 18.9 Å². The number of carbonyl (C=O) groups excluding carboxylic acids is 2. The lowest BCUT2D eigenvalue weighted by atomic mass is 9.95. The minimum absolute atomic E-state index is 0.0196. The van der Waals surface area contributed by atoms with Crippen LogP contribution in [0.4, 0.5) is 10.5 Å². The van der Waals surface area contributed by atoms with E-state index in [1.807, 2.05) is 32.9 Å². The lowest BCUT2D eigenvalue weighted by molar-refractivity contribution is -0.128. The van der Waals surface area contributed by atoms with Crippen LogP contribution in [-0.4, -0.2) is 43.8 Å². The van der Waals surface area contributed by atoms with Crippen molar-refractivity contribution in [3.63, 3.8) is 0 Å². The molecule has 0 aliphatic carbocycles. The molecule has 0 aromatic heterocycles. The fourth-order valence-electron chi connectivity index (χ4n) is 3.32. The largest absolute Gasteiger partial charge is 0.386 e. The number of urea groups is 1. The summed E-state index contributed by atoms with van der Waals surface area (Å²) in [5, 5.41) is 17.2. The van der Waals surface area contributed by atoms with Crippen LogP contribution in [0.25, 0.3) is 0 Å². The van der Waals surface area contributed by atoms with Gasteiger partial charge in [0, 0.05) is 34.2 Å². The second kappa shape index (κ2) is 10.4. The molecule has 10 heteroatoms. The molecule has 1 heterocycles. The molecular weight excluding hydrogens is 485 g/mol. The molecule has 2 aromatic rings. The van der Waals surface area contributed by atoms with E-state index in [-0.39, 0.29) is 17.5 Å². The van der Waals surface area contributed by atoms with Crippen LogP contribution in [0.2, 0.25) is 10.0 Å². The molecule has 3 amide bonds. The van der Waals surface area contributed by atoms with Crippen molar-refractivity contribution >= 4 is 51.6 Å². The fraction of sp³-hybridized carbons (Fsp3) is 0.391. The maximum Gasteiger partial charge on any atom is 0.322 e. The van der Waals surface area contributed by atoms with E-state index < -0.39 is 34.4 Å². The van der Waals surface area contributed by atoms with Crippen LogP contribution < -0.4 is 10.6 Å². The predicted molar refractivity (Wildman–Crippen MR) is 132 cm³/mol. The summed E-state index contributed by atoms with van der Waals surface area (Å²) < 4.78 is 12.2. The highest BCUT2D eigenvalue weighted by Gasteiger charge is 2.38. The van der Waals surface area contributed by atoms with Crippen molar-refractivity contribution in [1.29, 1.82) is 0 Å². The smallest absolute Gasteiger partial charge is 0.322 e. The molecule has 3 rings (SSSR count). The number of nitrogens with zero attached hydrogens (tertiary/aromatic N) is 1. The number of benzene rings is 2. The van der Waals surface area contributed by atoms with Crippen molar-refractivity contribution in [3.05, 3.63) is 63.6 Å². The van der Waals surface area contributed by atoms with Crippen molar-refractivity contribution in [3.8, 4) is 0 Å². The van der Waals surface area contributed by atoms with Crippen LogP contribution in [-0.2, 0) is 22.1 Å².